The van der Waals surface area contributed by atoms with Crippen LogP contribution < -0.4 is 15.4 Å². The summed E-state index contributed by atoms with van der Waals surface area (Å²) in [7, 11) is 1.63. The molecule has 3 N–H and O–H groups in total. The molecule has 0 bridgehead atoms. The molecule has 0 fully saturated rings. The van der Waals surface area contributed by atoms with Crippen LogP contribution in [0.2, 0.25) is 0 Å². The number of carbonyl (C=O) groups is 1. The van der Waals surface area contributed by atoms with Gasteiger partial charge in [0.15, 0.2) is 0 Å². The molecule has 0 unspecified atom stereocenters. The monoisotopic (exact) mass is 337 g/mol. The standard InChI is InChI=1S/C20H23N3O2/c1-14-16(17-8-4-5-9-18(17)23-14)11-12-21-20(24)22-13-15-7-3-6-10-19(15)25-2/h3-10,23H,11-13H2,1-2H3,(H2,21,22,24). The minimum absolute atomic E-state index is 0.177. The lowest BCUT2D eigenvalue weighted by Gasteiger charge is -2.10. The molecule has 0 saturated carbocycles. The van der Waals surface area contributed by atoms with Gasteiger partial charge in [-0.2, -0.15) is 0 Å². The molecule has 0 spiro atoms. The highest BCUT2D eigenvalue weighted by molar-refractivity contribution is 5.84. The van der Waals surface area contributed by atoms with Crippen molar-refractivity contribution in [1.82, 2.24) is 15.6 Å². The van der Waals surface area contributed by atoms with E-state index in [0.717, 1.165) is 28.9 Å². The second kappa shape index (κ2) is 7.75. The number of rotatable bonds is 6. The van der Waals surface area contributed by atoms with Gasteiger partial charge in [-0.1, -0.05) is 36.4 Å². The number of aryl methyl sites for hydroxylation is 1. The van der Waals surface area contributed by atoms with Crippen LogP contribution in [0.3, 0.4) is 0 Å². The van der Waals surface area contributed by atoms with Crippen molar-refractivity contribution in [3.05, 3.63) is 65.4 Å². The number of methoxy groups -OCH3 is 1. The molecule has 0 aliphatic heterocycles. The van der Waals surface area contributed by atoms with E-state index < -0.39 is 0 Å². The maximum Gasteiger partial charge on any atom is 0.315 e. The van der Waals surface area contributed by atoms with Crippen molar-refractivity contribution in [2.75, 3.05) is 13.7 Å². The highest BCUT2D eigenvalue weighted by Crippen LogP contribution is 2.22. The molecule has 1 heterocycles. The van der Waals surface area contributed by atoms with E-state index in [2.05, 4.69) is 34.7 Å². The molecule has 0 aliphatic rings. The average Bonchev–Trinajstić information content (AvgIpc) is 2.96. The fourth-order valence-corrected chi connectivity index (χ4v) is 3.04. The normalized spacial score (nSPS) is 10.6. The van der Waals surface area contributed by atoms with E-state index in [0.29, 0.717) is 13.1 Å². The first kappa shape index (κ1) is 16.9. The Kier molecular flexibility index (Phi) is 5.23. The van der Waals surface area contributed by atoms with Crippen LogP contribution in [0.1, 0.15) is 16.8 Å². The number of fused-ring (bicyclic) bond motifs is 1. The predicted molar refractivity (Wildman–Crippen MR) is 100.0 cm³/mol. The number of benzene rings is 2. The third-order valence-corrected chi connectivity index (χ3v) is 4.32. The first-order chi connectivity index (χ1) is 12.2. The highest BCUT2D eigenvalue weighted by Gasteiger charge is 2.09. The molecule has 0 aliphatic carbocycles. The van der Waals surface area contributed by atoms with E-state index in [1.54, 1.807) is 7.11 Å². The van der Waals surface area contributed by atoms with Crippen molar-refractivity contribution in [1.29, 1.82) is 0 Å². The van der Waals surface area contributed by atoms with Gasteiger partial charge in [-0.15, -0.1) is 0 Å². The van der Waals surface area contributed by atoms with Gasteiger partial charge in [0.2, 0.25) is 0 Å². The van der Waals surface area contributed by atoms with Crippen molar-refractivity contribution in [2.45, 2.75) is 19.9 Å². The van der Waals surface area contributed by atoms with Gasteiger partial charge in [0.05, 0.1) is 7.11 Å². The lowest BCUT2D eigenvalue weighted by molar-refractivity contribution is 0.240. The number of aromatic nitrogens is 1. The number of H-pyrrole nitrogens is 1. The van der Waals surface area contributed by atoms with Crippen molar-refractivity contribution in [3.63, 3.8) is 0 Å². The second-order valence-electron chi connectivity index (χ2n) is 5.95. The van der Waals surface area contributed by atoms with Crippen LogP contribution in [0.4, 0.5) is 4.79 Å². The maximum atomic E-state index is 12.0. The maximum absolute atomic E-state index is 12.0. The largest absolute Gasteiger partial charge is 0.496 e. The molecule has 0 atom stereocenters. The van der Waals surface area contributed by atoms with Crippen LogP contribution in [0, 0.1) is 6.92 Å². The van der Waals surface area contributed by atoms with Gasteiger partial charge in [0.25, 0.3) is 0 Å². The number of nitrogens with one attached hydrogen (secondary N) is 3. The topological polar surface area (TPSA) is 66.2 Å². The van der Waals surface area contributed by atoms with E-state index in [4.69, 9.17) is 4.74 Å². The third-order valence-electron chi connectivity index (χ3n) is 4.32. The van der Waals surface area contributed by atoms with Crippen molar-refractivity contribution in [2.24, 2.45) is 0 Å². The lowest BCUT2D eigenvalue weighted by Crippen LogP contribution is -2.36. The number of hydrogen-bond donors (Lipinski definition) is 3. The first-order valence-corrected chi connectivity index (χ1v) is 8.39. The number of para-hydroxylation sites is 2. The number of ether oxygens (including phenoxy) is 1. The summed E-state index contributed by atoms with van der Waals surface area (Å²) in [5, 5.41) is 7.00. The Hall–Kier alpha value is -2.95. The number of hydrogen-bond acceptors (Lipinski definition) is 2. The summed E-state index contributed by atoms with van der Waals surface area (Å²) >= 11 is 0. The fraction of sp³-hybridized carbons (Fsp3) is 0.250. The zero-order valence-corrected chi connectivity index (χ0v) is 14.6. The van der Waals surface area contributed by atoms with E-state index >= 15 is 0 Å². The molecule has 2 aromatic carbocycles. The summed E-state index contributed by atoms with van der Waals surface area (Å²) in [4.78, 5) is 15.4. The molecule has 2 amide bonds. The van der Waals surface area contributed by atoms with Gasteiger partial charge in [-0.25, -0.2) is 4.79 Å². The average molecular weight is 337 g/mol. The van der Waals surface area contributed by atoms with Crippen LogP contribution >= 0.6 is 0 Å². The van der Waals surface area contributed by atoms with E-state index in [1.807, 2.05) is 36.4 Å². The Morgan fingerprint density at radius 2 is 1.84 bits per heavy atom. The van der Waals surface area contributed by atoms with Gasteiger partial charge in [0, 0.05) is 35.2 Å². The number of urea groups is 1. The molecular weight excluding hydrogens is 314 g/mol. The van der Waals surface area contributed by atoms with E-state index in [-0.39, 0.29) is 6.03 Å². The minimum atomic E-state index is -0.177. The molecule has 5 nitrogen and oxygen atoms in total. The Balaban J connectivity index is 1.52. The fourth-order valence-electron chi connectivity index (χ4n) is 3.04. The first-order valence-electron chi connectivity index (χ1n) is 8.39. The predicted octanol–water partition coefficient (Wildman–Crippen LogP) is 3.53. The minimum Gasteiger partial charge on any atom is -0.496 e. The number of aromatic amines is 1. The molecule has 5 heteroatoms. The van der Waals surface area contributed by atoms with Gasteiger partial charge in [-0.3, -0.25) is 0 Å². The van der Waals surface area contributed by atoms with Crippen molar-refractivity contribution >= 4 is 16.9 Å². The summed E-state index contributed by atoms with van der Waals surface area (Å²) in [5.74, 6) is 0.775. The number of carbonyl (C=O) groups excluding carboxylic acids is 1. The van der Waals surface area contributed by atoms with E-state index in [1.165, 1.54) is 10.9 Å². The lowest BCUT2D eigenvalue weighted by atomic mass is 10.1. The molecule has 130 valence electrons. The van der Waals surface area contributed by atoms with Crippen LogP contribution in [0.25, 0.3) is 10.9 Å². The SMILES string of the molecule is COc1ccccc1CNC(=O)NCCc1c(C)[nH]c2ccccc12. The summed E-state index contributed by atoms with van der Waals surface area (Å²) in [6.07, 6.45) is 0.790. The zero-order chi connectivity index (χ0) is 17.6. The summed E-state index contributed by atoms with van der Waals surface area (Å²) in [6, 6.07) is 15.7. The molecule has 25 heavy (non-hydrogen) atoms. The molecule has 3 aromatic rings. The van der Waals surface area contributed by atoms with Crippen LogP contribution in [-0.2, 0) is 13.0 Å². The summed E-state index contributed by atoms with van der Waals surface area (Å²) < 4.78 is 5.29. The Labute approximate surface area is 147 Å². The second-order valence-corrected chi connectivity index (χ2v) is 5.95. The molecule has 3 rings (SSSR count). The van der Waals surface area contributed by atoms with Gasteiger partial charge in [-0.05, 0) is 31.0 Å². The Morgan fingerprint density at radius 1 is 1.08 bits per heavy atom. The molecule has 0 radical (unpaired) electrons. The number of amides is 2. The Morgan fingerprint density at radius 3 is 2.68 bits per heavy atom. The van der Waals surface area contributed by atoms with Crippen molar-refractivity contribution < 1.29 is 9.53 Å². The van der Waals surface area contributed by atoms with Crippen molar-refractivity contribution in [3.8, 4) is 5.75 Å². The van der Waals surface area contributed by atoms with Gasteiger partial charge < -0.3 is 20.4 Å². The molecule has 0 saturated heterocycles. The quantitative estimate of drug-likeness (QED) is 0.644. The van der Waals surface area contributed by atoms with E-state index in [9.17, 15) is 4.79 Å². The van der Waals surface area contributed by atoms with Crippen LogP contribution in [0.5, 0.6) is 5.75 Å². The van der Waals surface area contributed by atoms with Gasteiger partial charge >= 0.3 is 6.03 Å². The summed E-state index contributed by atoms with van der Waals surface area (Å²) in [5.41, 5.74) is 4.49. The third kappa shape index (κ3) is 3.94. The zero-order valence-electron chi connectivity index (χ0n) is 14.6. The smallest absolute Gasteiger partial charge is 0.315 e. The summed E-state index contributed by atoms with van der Waals surface area (Å²) in [6.45, 7) is 3.08. The van der Waals surface area contributed by atoms with Crippen LogP contribution in [0.15, 0.2) is 48.5 Å². The Bertz CT molecular complexity index is 870. The molecule has 1 aromatic heterocycles. The molecular formula is C20H23N3O2. The van der Waals surface area contributed by atoms with Gasteiger partial charge in [0.1, 0.15) is 5.75 Å². The highest BCUT2D eigenvalue weighted by atomic mass is 16.5. The van der Waals surface area contributed by atoms with Crippen LogP contribution in [-0.4, -0.2) is 24.7 Å².